The zero-order valence-corrected chi connectivity index (χ0v) is 15.9. The molecule has 148 valence electrons. The zero-order valence-electron chi connectivity index (χ0n) is 15.9. The number of carbonyl (C=O) groups excluding carboxylic acids is 2. The number of piperidine rings is 2. The van der Waals surface area contributed by atoms with E-state index in [0.717, 1.165) is 11.8 Å². The number of nitrogens with one attached hydrogen (secondary N) is 1. The molecule has 0 bridgehead atoms. The average molecular weight is 384 g/mol. The van der Waals surface area contributed by atoms with Crippen molar-refractivity contribution < 1.29 is 14.7 Å². The number of amides is 2. The van der Waals surface area contributed by atoms with E-state index in [2.05, 4.69) is 10.4 Å². The fourth-order valence-corrected chi connectivity index (χ4v) is 4.40. The molecular weight excluding hydrogens is 360 g/mol. The molecule has 8 heteroatoms. The molecule has 2 N–H and O–H groups in total. The molecule has 8 nitrogen and oxygen atoms in total. The number of aliphatic hydroxyl groups excluding tert-OH is 1. The number of aryl methyl sites for hydroxylation is 1. The number of likely N-dealkylation sites (tertiary alicyclic amines) is 1. The number of aliphatic hydroxyl groups is 1. The van der Waals surface area contributed by atoms with Crippen molar-refractivity contribution in [1.29, 1.82) is 0 Å². The Morgan fingerprint density at radius 2 is 2.07 bits per heavy atom. The highest BCUT2D eigenvalue weighted by molar-refractivity contribution is 5.86. The van der Waals surface area contributed by atoms with Gasteiger partial charge in [0, 0.05) is 25.0 Å². The summed E-state index contributed by atoms with van der Waals surface area (Å²) >= 11 is 0. The van der Waals surface area contributed by atoms with Crippen molar-refractivity contribution >= 4 is 22.6 Å². The smallest absolute Gasteiger partial charge is 0.275 e. The normalized spacial score (nSPS) is 25.1. The second kappa shape index (κ2) is 7.01. The predicted octanol–water partition coefficient (Wildman–Crippen LogP) is 0.195. The van der Waals surface area contributed by atoms with Crippen LogP contribution >= 0.6 is 0 Å². The first kappa shape index (κ1) is 18.6. The summed E-state index contributed by atoms with van der Waals surface area (Å²) in [5, 5.41) is 18.9. The fraction of sp³-hybridized carbons (Fsp3) is 0.500. The molecule has 28 heavy (non-hydrogen) atoms. The number of benzene rings is 1. The summed E-state index contributed by atoms with van der Waals surface area (Å²) in [6.45, 7) is 2.74. The van der Waals surface area contributed by atoms with Crippen LogP contribution in [0.2, 0.25) is 0 Å². The summed E-state index contributed by atoms with van der Waals surface area (Å²) in [6, 6.07) is 7.20. The number of aromatic nitrogens is 2. The second-order valence-electron chi connectivity index (χ2n) is 7.73. The van der Waals surface area contributed by atoms with Gasteiger partial charge in [0.25, 0.3) is 5.56 Å². The Bertz CT molecular complexity index is 1000. The Morgan fingerprint density at radius 3 is 2.82 bits per heavy atom. The van der Waals surface area contributed by atoms with Crippen LogP contribution in [0.1, 0.15) is 25.0 Å². The van der Waals surface area contributed by atoms with Crippen LogP contribution in [-0.2, 0) is 16.1 Å². The molecule has 0 saturated carbocycles. The van der Waals surface area contributed by atoms with Crippen molar-refractivity contribution in [3.05, 3.63) is 40.3 Å². The van der Waals surface area contributed by atoms with Crippen LogP contribution < -0.4 is 10.9 Å². The van der Waals surface area contributed by atoms with Crippen molar-refractivity contribution in [2.75, 3.05) is 19.6 Å². The molecule has 2 fully saturated rings. The maximum atomic E-state index is 12.9. The summed E-state index contributed by atoms with van der Waals surface area (Å²) in [4.78, 5) is 39.7. The van der Waals surface area contributed by atoms with Crippen molar-refractivity contribution in [1.82, 2.24) is 20.0 Å². The van der Waals surface area contributed by atoms with E-state index in [4.69, 9.17) is 0 Å². The first-order chi connectivity index (χ1) is 13.4. The molecule has 2 aromatic rings. The van der Waals surface area contributed by atoms with Gasteiger partial charge in [0.05, 0.1) is 22.6 Å². The summed E-state index contributed by atoms with van der Waals surface area (Å²) in [6.07, 6.45) is 0.908. The minimum atomic E-state index is -0.955. The molecule has 2 aliphatic heterocycles. The van der Waals surface area contributed by atoms with E-state index in [9.17, 15) is 19.5 Å². The van der Waals surface area contributed by atoms with Gasteiger partial charge < -0.3 is 15.3 Å². The minimum absolute atomic E-state index is 0.167. The van der Waals surface area contributed by atoms with Crippen LogP contribution in [0, 0.1) is 12.3 Å². The highest BCUT2D eigenvalue weighted by atomic mass is 16.3. The van der Waals surface area contributed by atoms with Gasteiger partial charge in [-0.2, -0.15) is 5.10 Å². The third-order valence-corrected chi connectivity index (χ3v) is 6.01. The van der Waals surface area contributed by atoms with E-state index in [-0.39, 0.29) is 30.5 Å². The van der Waals surface area contributed by atoms with Gasteiger partial charge in [-0.05, 0) is 32.3 Å². The third kappa shape index (κ3) is 2.97. The van der Waals surface area contributed by atoms with Gasteiger partial charge in [0.2, 0.25) is 11.8 Å². The largest absolute Gasteiger partial charge is 0.392 e. The molecule has 1 aromatic heterocycles. The van der Waals surface area contributed by atoms with Crippen LogP contribution in [0.5, 0.6) is 0 Å². The standard InChI is InChI=1S/C20H24N4O4/c1-13-14-5-2-3-6-15(14)18(27)24(22-13)11-17(26)23-10-7-16(25)20(12-23)8-4-9-21-19(20)28/h2-3,5-6,16,25H,4,7-12H2,1H3,(H,21,28)/t16-,20+/m0/s1. The lowest BCUT2D eigenvalue weighted by molar-refractivity contribution is -0.155. The molecule has 0 radical (unpaired) electrons. The van der Waals surface area contributed by atoms with Crippen LogP contribution in [0.3, 0.4) is 0 Å². The Labute approximate surface area is 162 Å². The molecule has 2 amide bonds. The number of hydrogen-bond donors (Lipinski definition) is 2. The van der Waals surface area contributed by atoms with Crippen molar-refractivity contribution in [2.45, 2.75) is 38.8 Å². The molecule has 2 atom stereocenters. The lowest BCUT2D eigenvalue weighted by Crippen LogP contribution is -2.62. The highest BCUT2D eigenvalue weighted by Crippen LogP contribution is 2.37. The molecule has 2 aliphatic rings. The maximum Gasteiger partial charge on any atom is 0.275 e. The van der Waals surface area contributed by atoms with Gasteiger partial charge in [-0.1, -0.05) is 18.2 Å². The Balaban J connectivity index is 1.59. The van der Waals surface area contributed by atoms with Crippen LogP contribution in [0.4, 0.5) is 0 Å². The summed E-state index contributed by atoms with van der Waals surface area (Å²) < 4.78 is 1.19. The van der Waals surface area contributed by atoms with Gasteiger partial charge in [0.1, 0.15) is 6.54 Å². The van der Waals surface area contributed by atoms with Gasteiger partial charge in [-0.25, -0.2) is 4.68 Å². The topological polar surface area (TPSA) is 105 Å². The van der Waals surface area contributed by atoms with Crippen LogP contribution in [-0.4, -0.2) is 57.3 Å². The summed E-state index contributed by atoms with van der Waals surface area (Å²) in [7, 11) is 0. The number of carbonyl (C=O) groups is 2. The Hall–Kier alpha value is -2.74. The lowest BCUT2D eigenvalue weighted by atomic mass is 9.71. The molecule has 3 heterocycles. The second-order valence-corrected chi connectivity index (χ2v) is 7.73. The summed E-state index contributed by atoms with van der Waals surface area (Å²) in [5.74, 6) is -0.463. The van der Waals surface area contributed by atoms with Gasteiger partial charge in [-0.3, -0.25) is 14.4 Å². The van der Waals surface area contributed by atoms with Gasteiger partial charge in [0.15, 0.2) is 0 Å². The van der Waals surface area contributed by atoms with Gasteiger partial charge in [-0.15, -0.1) is 0 Å². The van der Waals surface area contributed by atoms with E-state index in [1.54, 1.807) is 24.0 Å². The molecule has 1 spiro atoms. The first-order valence-corrected chi connectivity index (χ1v) is 9.63. The van der Waals surface area contributed by atoms with E-state index >= 15 is 0 Å². The van der Waals surface area contributed by atoms with Crippen molar-refractivity contribution in [3.8, 4) is 0 Å². The monoisotopic (exact) mass is 384 g/mol. The predicted molar refractivity (Wildman–Crippen MR) is 103 cm³/mol. The van der Waals surface area contributed by atoms with Crippen LogP contribution in [0.25, 0.3) is 10.8 Å². The first-order valence-electron chi connectivity index (χ1n) is 9.63. The number of rotatable bonds is 2. The highest BCUT2D eigenvalue weighted by Gasteiger charge is 2.50. The molecule has 4 rings (SSSR count). The molecule has 0 unspecified atom stereocenters. The molecule has 0 aliphatic carbocycles. The maximum absolute atomic E-state index is 12.9. The molecular formula is C20H24N4O4. The van der Waals surface area contributed by atoms with E-state index < -0.39 is 11.5 Å². The van der Waals surface area contributed by atoms with Gasteiger partial charge >= 0.3 is 0 Å². The van der Waals surface area contributed by atoms with Crippen molar-refractivity contribution in [2.24, 2.45) is 5.41 Å². The van der Waals surface area contributed by atoms with E-state index in [1.807, 2.05) is 12.1 Å². The number of hydrogen-bond acceptors (Lipinski definition) is 5. The number of nitrogens with zero attached hydrogens (tertiary/aromatic N) is 3. The van der Waals surface area contributed by atoms with E-state index in [1.165, 1.54) is 4.68 Å². The Kier molecular flexibility index (Phi) is 4.66. The molecule has 1 aromatic carbocycles. The van der Waals surface area contributed by atoms with E-state index in [0.29, 0.717) is 37.0 Å². The van der Waals surface area contributed by atoms with Crippen LogP contribution in [0.15, 0.2) is 29.1 Å². The average Bonchev–Trinajstić information content (AvgIpc) is 2.70. The SMILES string of the molecule is Cc1nn(CC(=O)N2CC[C@H](O)[C@@]3(CCCNC3=O)C2)c(=O)c2ccccc12. The minimum Gasteiger partial charge on any atom is -0.392 e. The van der Waals surface area contributed by atoms with Crippen molar-refractivity contribution in [3.63, 3.8) is 0 Å². The fourth-order valence-electron chi connectivity index (χ4n) is 4.40. The summed E-state index contributed by atoms with van der Waals surface area (Å²) in [5.41, 5.74) is -0.582. The zero-order chi connectivity index (χ0) is 19.9. The third-order valence-electron chi connectivity index (χ3n) is 6.01. The Morgan fingerprint density at radius 1 is 1.32 bits per heavy atom. The number of fused-ring (bicyclic) bond motifs is 1. The lowest BCUT2D eigenvalue weighted by Gasteiger charge is -2.46. The quantitative estimate of drug-likeness (QED) is 0.769. The molecule has 2 saturated heterocycles.